The van der Waals surface area contributed by atoms with Crippen molar-refractivity contribution in [3.63, 3.8) is 0 Å². The first-order valence-corrected chi connectivity index (χ1v) is 12.8. The van der Waals surface area contributed by atoms with E-state index in [9.17, 15) is 29.0 Å². The molecule has 2 N–H and O–H groups in total. The number of hydrogen-bond acceptors (Lipinski definition) is 5. The molecular weight excluding hydrogens is 487 g/mol. The third kappa shape index (κ3) is 5.33. The fraction of sp³-hybridized carbons (Fsp3) is 0.429. The molecule has 1 aromatic carbocycles. The van der Waals surface area contributed by atoms with Crippen molar-refractivity contribution in [1.82, 2.24) is 5.32 Å². The number of rotatable bonds is 5. The quantitative estimate of drug-likeness (QED) is 0.335. The summed E-state index contributed by atoms with van der Waals surface area (Å²) in [4.78, 5) is 24.2. The summed E-state index contributed by atoms with van der Waals surface area (Å²) in [5.41, 5.74) is -0.244. The minimum Gasteiger partial charge on any atom is -0.462 e. The van der Waals surface area contributed by atoms with Gasteiger partial charge in [-0.25, -0.2) is 4.79 Å². The Bertz CT molecular complexity index is 1120. The summed E-state index contributed by atoms with van der Waals surface area (Å²) in [6.07, 6.45) is 0.477. The lowest BCUT2D eigenvalue weighted by Crippen LogP contribution is -2.55. The first-order valence-electron chi connectivity index (χ1n) is 10.0. The van der Waals surface area contributed by atoms with Gasteiger partial charge in [0.25, 0.3) is 5.91 Å². The standard InChI is InChI=1S/C21H25F5N2O3S2/c1-6-31-19(30)15-14-11-20(2,3)28-21(4,5)16(14)32-18(15)27-17(29)12-7-9-13(10-8-12)33(22,23,24,25)26/h7-10,28H,6,11H2,1-5H3,(H,27,29). The van der Waals surface area contributed by atoms with Crippen molar-refractivity contribution in [2.45, 2.75) is 57.0 Å². The molecule has 5 nitrogen and oxygen atoms in total. The second-order valence-corrected chi connectivity index (χ2v) is 12.5. The molecule has 1 amide bonds. The first kappa shape index (κ1) is 25.4. The summed E-state index contributed by atoms with van der Waals surface area (Å²) in [5, 5.41) is 6.23. The highest BCUT2D eigenvalue weighted by Gasteiger charge is 2.65. The highest BCUT2D eigenvalue weighted by atomic mass is 32.5. The van der Waals surface area contributed by atoms with E-state index in [1.54, 1.807) is 6.92 Å². The van der Waals surface area contributed by atoms with Crippen LogP contribution in [0.25, 0.3) is 0 Å². The van der Waals surface area contributed by atoms with Crippen molar-refractivity contribution in [2.24, 2.45) is 0 Å². The maximum Gasteiger partial charge on any atom is 0.341 e. The first-order chi connectivity index (χ1) is 14.7. The number of halogens is 5. The number of thiophene rings is 1. The summed E-state index contributed by atoms with van der Waals surface area (Å²) in [7, 11) is -9.84. The van der Waals surface area contributed by atoms with Gasteiger partial charge >= 0.3 is 16.2 Å². The molecule has 2 aromatic rings. The summed E-state index contributed by atoms with van der Waals surface area (Å²) < 4.78 is 69.9. The van der Waals surface area contributed by atoms with Gasteiger partial charge in [0.15, 0.2) is 0 Å². The summed E-state index contributed by atoms with van der Waals surface area (Å²) in [6, 6.07) is 1.71. The average Bonchev–Trinajstić information content (AvgIpc) is 2.97. The number of nitrogens with one attached hydrogen (secondary N) is 2. The summed E-state index contributed by atoms with van der Waals surface area (Å²) >= 11 is 1.16. The number of esters is 1. The van der Waals surface area contributed by atoms with E-state index < -0.39 is 32.5 Å². The number of benzene rings is 1. The van der Waals surface area contributed by atoms with E-state index >= 15 is 0 Å². The third-order valence-electron chi connectivity index (χ3n) is 5.11. The Hall–Kier alpha value is -2.18. The van der Waals surface area contributed by atoms with E-state index in [-0.39, 0.29) is 40.4 Å². The highest BCUT2D eigenvalue weighted by Crippen LogP contribution is 3.02. The van der Waals surface area contributed by atoms with Gasteiger partial charge in [0.05, 0.1) is 12.2 Å². The van der Waals surface area contributed by atoms with Crippen LogP contribution in [0.1, 0.15) is 65.8 Å². The molecule has 0 aliphatic carbocycles. The molecule has 12 heteroatoms. The van der Waals surface area contributed by atoms with E-state index in [1.165, 1.54) is 0 Å². The molecule has 0 fully saturated rings. The second-order valence-electron chi connectivity index (χ2n) is 9.09. The normalized spacial score (nSPS) is 19.1. The van der Waals surface area contributed by atoms with Crippen LogP contribution in [-0.2, 0) is 16.7 Å². The minimum atomic E-state index is -9.84. The number of carbonyl (C=O) groups excluding carboxylic acids is 2. The van der Waals surface area contributed by atoms with Gasteiger partial charge in [-0.15, -0.1) is 11.3 Å². The van der Waals surface area contributed by atoms with Crippen molar-refractivity contribution in [1.29, 1.82) is 0 Å². The molecule has 3 rings (SSSR count). The molecule has 33 heavy (non-hydrogen) atoms. The molecule has 2 heterocycles. The summed E-state index contributed by atoms with van der Waals surface area (Å²) in [6.45, 7) is 9.57. The largest absolute Gasteiger partial charge is 0.462 e. The molecule has 1 aliphatic heterocycles. The zero-order valence-corrected chi connectivity index (χ0v) is 20.3. The lowest BCUT2D eigenvalue weighted by Gasteiger charge is -2.42. The molecule has 0 saturated carbocycles. The predicted octanol–water partition coefficient (Wildman–Crippen LogP) is 6.99. The molecular formula is C21H25F5N2O3S2. The van der Waals surface area contributed by atoms with Crippen LogP contribution >= 0.6 is 21.6 Å². The predicted molar refractivity (Wildman–Crippen MR) is 120 cm³/mol. The van der Waals surface area contributed by atoms with Gasteiger partial charge in [-0.1, -0.05) is 19.4 Å². The van der Waals surface area contributed by atoms with Crippen LogP contribution in [-0.4, -0.2) is 24.0 Å². The van der Waals surface area contributed by atoms with Crippen LogP contribution in [0.2, 0.25) is 0 Å². The Balaban J connectivity index is 2.01. The van der Waals surface area contributed by atoms with E-state index in [4.69, 9.17) is 4.74 Å². The van der Waals surface area contributed by atoms with Gasteiger partial charge in [-0.3, -0.25) is 4.79 Å². The topological polar surface area (TPSA) is 67.4 Å². The highest BCUT2D eigenvalue weighted by molar-refractivity contribution is 8.45. The Kier molecular flexibility index (Phi) is 5.52. The molecule has 0 radical (unpaired) electrons. The van der Waals surface area contributed by atoms with Crippen molar-refractivity contribution in [2.75, 3.05) is 11.9 Å². The van der Waals surface area contributed by atoms with Crippen LogP contribution in [0.5, 0.6) is 0 Å². The molecule has 0 saturated heterocycles. The lowest BCUT2D eigenvalue weighted by molar-refractivity contribution is 0.0525. The zero-order chi connectivity index (χ0) is 25.1. The van der Waals surface area contributed by atoms with Crippen molar-refractivity contribution in [3.05, 3.63) is 45.8 Å². The average molecular weight is 513 g/mol. The van der Waals surface area contributed by atoms with Gasteiger partial charge in [0, 0.05) is 21.5 Å². The Labute approximate surface area is 192 Å². The molecule has 184 valence electrons. The van der Waals surface area contributed by atoms with Crippen LogP contribution < -0.4 is 10.6 Å². The van der Waals surface area contributed by atoms with Gasteiger partial charge in [-0.2, -0.15) is 0 Å². The molecule has 0 atom stereocenters. The molecule has 1 aliphatic rings. The van der Waals surface area contributed by atoms with Crippen molar-refractivity contribution < 1.29 is 33.8 Å². The van der Waals surface area contributed by atoms with Crippen molar-refractivity contribution >= 4 is 38.4 Å². The van der Waals surface area contributed by atoms with E-state index in [0.717, 1.165) is 21.8 Å². The SMILES string of the molecule is CCOC(=O)c1c(NC(=O)c2ccc(S(F)(F)(F)(F)F)cc2)sc2c1CC(C)(C)NC2(C)C. The number of fused-ring (bicyclic) bond motifs is 1. The maximum absolute atomic E-state index is 13.0. The lowest BCUT2D eigenvalue weighted by atomic mass is 9.81. The third-order valence-corrected chi connectivity index (χ3v) is 7.75. The minimum absolute atomic E-state index is 0.109. The maximum atomic E-state index is 13.0. The van der Waals surface area contributed by atoms with Gasteiger partial charge in [0.1, 0.15) is 9.90 Å². The van der Waals surface area contributed by atoms with Crippen LogP contribution in [0.15, 0.2) is 29.2 Å². The Morgan fingerprint density at radius 1 is 1.09 bits per heavy atom. The molecule has 0 spiro atoms. The summed E-state index contributed by atoms with van der Waals surface area (Å²) in [5.74, 6) is -1.46. The van der Waals surface area contributed by atoms with E-state index in [2.05, 4.69) is 10.6 Å². The van der Waals surface area contributed by atoms with Crippen LogP contribution in [0.3, 0.4) is 0 Å². The number of hydrogen-bond donors (Lipinski definition) is 2. The fourth-order valence-corrected chi connectivity index (χ4v) is 5.98. The second kappa shape index (κ2) is 7.16. The van der Waals surface area contributed by atoms with Gasteiger partial charge in [-0.05, 0) is 70.9 Å². The fourth-order valence-electron chi connectivity index (χ4n) is 4.07. The van der Waals surface area contributed by atoms with E-state index in [1.807, 2.05) is 27.7 Å². The number of carbonyl (C=O) groups is 2. The Morgan fingerprint density at radius 3 is 2.18 bits per heavy atom. The zero-order valence-electron chi connectivity index (χ0n) is 18.7. The molecule has 1 aromatic heterocycles. The van der Waals surface area contributed by atoms with Gasteiger partial charge < -0.3 is 15.4 Å². The number of ether oxygens (including phenoxy) is 1. The molecule has 0 bridgehead atoms. The van der Waals surface area contributed by atoms with Crippen LogP contribution in [0, 0.1) is 0 Å². The number of anilines is 1. The molecule has 0 unspecified atom stereocenters. The number of amides is 1. The van der Waals surface area contributed by atoms with E-state index in [0.29, 0.717) is 18.6 Å². The van der Waals surface area contributed by atoms with Crippen molar-refractivity contribution in [3.8, 4) is 0 Å². The Morgan fingerprint density at radius 2 is 1.67 bits per heavy atom. The smallest absolute Gasteiger partial charge is 0.341 e. The van der Waals surface area contributed by atoms with Gasteiger partial charge in [0.2, 0.25) is 0 Å². The monoisotopic (exact) mass is 512 g/mol. The van der Waals surface area contributed by atoms with Crippen LogP contribution in [0.4, 0.5) is 24.4 Å².